The summed E-state index contributed by atoms with van der Waals surface area (Å²) in [4.78, 5) is 40.6. The molecule has 1 aromatic heterocycles. The molecule has 0 aromatic carbocycles. The third-order valence-electron chi connectivity index (χ3n) is 4.49. The van der Waals surface area contributed by atoms with Crippen LogP contribution in [0.15, 0.2) is 17.2 Å². The number of aryl methyl sites for hydroxylation is 1. The van der Waals surface area contributed by atoms with Crippen molar-refractivity contribution < 1.29 is 9.59 Å². The molecule has 7 nitrogen and oxygen atoms in total. The Morgan fingerprint density at radius 1 is 1.03 bits per heavy atom. The number of carbonyl (C=O) groups is 2. The number of pyridine rings is 1. The molecule has 0 fully saturated rings. The van der Waals surface area contributed by atoms with E-state index in [4.69, 9.17) is 0 Å². The van der Waals surface area contributed by atoms with Crippen LogP contribution in [0.3, 0.4) is 0 Å². The first-order chi connectivity index (χ1) is 13.6. The highest BCUT2D eigenvalue weighted by molar-refractivity contribution is 5.99. The first-order valence-electron chi connectivity index (χ1n) is 10.6. The molecule has 0 bridgehead atoms. The third-order valence-corrected chi connectivity index (χ3v) is 4.49. The van der Waals surface area contributed by atoms with Crippen LogP contribution in [0.5, 0.6) is 0 Å². The second-order valence-electron chi connectivity index (χ2n) is 10.6. The van der Waals surface area contributed by atoms with Gasteiger partial charge in [-0.2, -0.15) is 0 Å². The van der Waals surface area contributed by atoms with Crippen molar-refractivity contribution in [3.8, 4) is 0 Å². The lowest BCUT2D eigenvalue weighted by Crippen LogP contribution is -2.44. The van der Waals surface area contributed by atoms with Gasteiger partial charge in [0.25, 0.3) is 11.8 Å². The van der Waals surface area contributed by atoms with Crippen LogP contribution in [0.2, 0.25) is 0 Å². The van der Waals surface area contributed by atoms with Crippen LogP contribution in [-0.4, -0.2) is 54.0 Å². The van der Waals surface area contributed by atoms with Crippen LogP contribution in [0.25, 0.3) is 0 Å². The summed E-state index contributed by atoms with van der Waals surface area (Å²) in [6.45, 7) is 15.7. The number of amides is 2. The Kier molecular flexibility index (Phi) is 8.84. The van der Waals surface area contributed by atoms with Crippen molar-refractivity contribution in [1.82, 2.24) is 20.1 Å². The van der Waals surface area contributed by atoms with Gasteiger partial charge in [-0.05, 0) is 52.6 Å². The monoisotopic (exact) mass is 420 g/mol. The average molecular weight is 421 g/mol. The lowest BCUT2D eigenvalue weighted by molar-refractivity contribution is 0.0917. The summed E-state index contributed by atoms with van der Waals surface area (Å²) in [5, 5.41) is 5.70. The van der Waals surface area contributed by atoms with E-state index in [-0.39, 0.29) is 16.5 Å². The molecule has 30 heavy (non-hydrogen) atoms. The number of aromatic nitrogens is 1. The number of hydrogen-bond acceptors (Lipinski definition) is 4. The molecule has 0 saturated carbocycles. The van der Waals surface area contributed by atoms with Gasteiger partial charge in [-0.3, -0.25) is 14.4 Å². The van der Waals surface area contributed by atoms with Gasteiger partial charge in [0.15, 0.2) is 0 Å². The molecule has 1 heterocycles. The zero-order valence-corrected chi connectivity index (χ0v) is 20.2. The molecule has 0 radical (unpaired) electrons. The lowest BCUT2D eigenvalue weighted by atomic mass is 9.93. The van der Waals surface area contributed by atoms with E-state index >= 15 is 0 Å². The summed E-state index contributed by atoms with van der Waals surface area (Å²) in [5.41, 5.74) is -1.19. The predicted octanol–water partition coefficient (Wildman–Crippen LogP) is 2.74. The van der Waals surface area contributed by atoms with Gasteiger partial charge < -0.3 is 20.1 Å². The van der Waals surface area contributed by atoms with Crippen molar-refractivity contribution >= 4 is 11.8 Å². The van der Waals surface area contributed by atoms with Gasteiger partial charge in [0.1, 0.15) is 11.1 Å². The van der Waals surface area contributed by atoms with Crippen molar-refractivity contribution in [3.05, 3.63) is 33.7 Å². The predicted molar refractivity (Wildman–Crippen MR) is 122 cm³/mol. The molecule has 2 amide bonds. The Labute approximate surface area is 181 Å². The van der Waals surface area contributed by atoms with E-state index in [1.54, 1.807) is 17.0 Å². The second kappa shape index (κ2) is 10.2. The molecule has 0 saturated heterocycles. The number of nitrogens with one attached hydrogen (secondary N) is 2. The van der Waals surface area contributed by atoms with Crippen molar-refractivity contribution in [2.75, 3.05) is 27.2 Å². The van der Waals surface area contributed by atoms with Gasteiger partial charge in [0.2, 0.25) is 5.43 Å². The zero-order valence-electron chi connectivity index (χ0n) is 20.2. The highest BCUT2D eigenvalue weighted by Crippen LogP contribution is 2.14. The largest absolute Gasteiger partial charge is 0.352 e. The zero-order chi connectivity index (χ0) is 23.3. The first-order valence-corrected chi connectivity index (χ1v) is 10.6. The molecule has 1 rings (SSSR count). The Balaban J connectivity index is 3.23. The summed E-state index contributed by atoms with van der Waals surface area (Å²) in [6.07, 6.45) is 3.99. The van der Waals surface area contributed by atoms with E-state index in [1.807, 2.05) is 34.9 Å². The highest BCUT2D eigenvalue weighted by atomic mass is 16.2. The van der Waals surface area contributed by atoms with E-state index in [0.29, 0.717) is 19.0 Å². The van der Waals surface area contributed by atoms with Gasteiger partial charge in [0, 0.05) is 37.6 Å². The first kappa shape index (κ1) is 25.9. The molecule has 0 atom stereocenters. The summed E-state index contributed by atoms with van der Waals surface area (Å²) in [6, 6.07) is 0. The quantitative estimate of drug-likeness (QED) is 0.643. The SMILES string of the molecule is CC(C)CCn1cc(C(=O)NCC(C)(C)CN(C)C)c(=O)c(C(=O)NC(C)(C)C)c1. The maximum absolute atomic E-state index is 13.0. The fourth-order valence-corrected chi connectivity index (χ4v) is 3.23. The minimum Gasteiger partial charge on any atom is -0.352 e. The van der Waals surface area contributed by atoms with Crippen LogP contribution in [0, 0.1) is 11.3 Å². The average Bonchev–Trinajstić information content (AvgIpc) is 2.56. The molecule has 170 valence electrons. The molecular weight excluding hydrogens is 380 g/mol. The van der Waals surface area contributed by atoms with Gasteiger partial charge in [-0.25, -0.2) is 0 Å². The Hall–Kier alpha value is -2.15. The molecule has 0 aliphatic rings. The van der Waals surface area contributed by atoms with Crippen LogP contribution in [-0.2, 0) is 6.54 Å². The number of rotatable bonds is 9. The van der Waals surface area contributed by atoms with E-state index in [1.165, 1.54) is 0 Å². The third kappa shape index (κ3) is 8.69. The summed E-state index contributed by atoms with van der Waals surface area (Å²) >= 11 is 0. The maximum atomic E-state index is 13.0. The molecule has 0 aliphatic carbocycles. The van der Waals surface area contributed by atoms with Crippen molar-refractivity contribution in [3.63, 3.8) is 0 Å². The Morgan fingerprint density at radius 2 is 1.57 bits per heavy atom. The molecule has 0 aliphatic heterocycles. The topological polar surface area (TPSA) is 83.4 Å². The number of nitrogens with zero attached hydrogens (tertiary/aromatic N) is 2. The van der Waals surface area contributed by atoms with E-state index in [0.717, 1.165) is 13.0 Å². The minimum absolute atomic E-state index is 0.000897. The Morgan fingerprint density at radius 3 is 2.03 bits per heavy atom. The van der Waals surface area contributed by atoms with Crippen LogP contribution in [0.1, 0.15) is 75.6 Å². The lowest BCUT2D eigenvalue weighted by Gasteiger charge is -2.28. The molecule has 7 heteroatoms. The molecule has 0 spiro atoms. The molecule has 2 N–H and O–H groups in total. The molecule has 0 unspecified atom stereocenters. The molecule has 1 aromatic rings. The fraction of sp³-hybridized carbons (Fsp3) is 0.696. The minimum atomic E-state index is -0.541. The summed E-state index contributed by atoms with van der Waals surface area (Å²) in [5.74, 6) is -0.454. The standard InChI is InChI=1S/C23H40N4O3/c1-16(2)10-11-27-12-17(20(29)24-14-23(6,7)15-26(8)9)19(28)18(13-27)21(30)25-22(3,4)5/h12-13,16H,10-11,14-15H2,1-9H3,(H,24,29)(H,25,30). The van der Waals surface area contributed by atoms with Crippen LogP contribution >= 0.6 is 0 Å². The fourth-order valence-electron chi connectivity index (χ4n) is 3.23. The van der Waals surface area contributed by atoms with Crippen molar-refractivity contribution in [2.45, 2.75) is 67.0 Å². The second-order valence-corrected chi connectivity index (χ2v) is 10.6. The number of hydrogen-bond donors (Lipinski definition) is 2. The van der Waals surface area contributed by atoms with Crippen molar-refractivity contribution in [1.29, 1.82) is 0 Å². The van der Waals surface area contributed by atoms with E-state index in [9.17, 15) is 14.4 Å². The van der Waals surface area contributed by atoms with Gasteiger partial charge in [-0.15, -0.1) is 0 Å². The van der Waals surface area contributed by atoms with Crippen LogP contribution in [0.4, 0.5) is 0 Å². The van der Waals surface area contributed by atoms with Gasteiger partial charge in [0.05, 0.1) is 0 Å². The van der Waals surface area contributed by atoms with Gasteiger partial charge >= 0.3 is 0 Å². The summed E-state index contributed by atoms with van der Waals surface area (Å²) in [7, 11) is 3.96. The van der Waals surface area contributed by atoms with E-state index < -0.39 is 22.8 Å². The van der Waals surface area contributed by atoms with Crippen LogP contribution < -0.4 is 16.1 Å². The maximum Gasteiger partial charge on any atom is 0.257 e. The highest BCUT2D eigenvalue weighted by Gasteiger charge is 2.24. The van der Waals surface area contributed by atoms with Gasteiger partial charge in [-0.1, -0.05) is 27.7 Å². The number of carbonyl (C=O) groups excluding carboxylic acids is 2. The van der Waals surface area contributed by atoms with E-state index in [2.05, 4.69) is 43.2 Å². The smallest absolute Gasteiger partial charge is 0.257 e. The summed E-state index contributed by atoms with van der Waals surface area (Å²) < 4.78 is 1.78. The molecular formula is C23H40N4O3. The van der Waals surface area contributed by atoms with Crippen molar-refractivity contribution in [2.24, 2.45) is 11.3 Å². The normalized spacial score (nSPS) is 12.4. The Bertz CT molecular complexity index is 802.